The number of fused-ring (bicyclic) bond motifs is 1. The van der Waals surface area contributed by atoms with E-state index >= 15 is 0 Å². The van der Waals surface area contributed by atoms with Gasteiger partial charge in [0.2, 0.25) is 0 Å². The van der Waals surface area contributed by atoms with E-state index in [4.69, 9.17) is 0 Å². The van der Waals surface area contributed by atoms with Crippen LogP contribution in [-0.2, 0) is 0 Å². The normalized spacial score (nSPS) is 19.0. The van der Waals surface area contributed by atoms with Crippen molar-refractivity contribution < 1.29 is 39.7 Å². The first kappa shape index (κ1) is 30.2. The lowest BCUT2D eigenvalue weighted by Gasteiger charge is -2.31. The van der Waals surface area contributed by atoms with Crippen LogP contribution < -0.4 is 34.6 Å². The van der Waals surface area contributed by atoms with Gasteiger partial charge in [0.05, 0.1) is 0 Å². The Hall–Kier alpha value is -0.840. The third-order valence-corrected chi connectivity index (χ3v) is 7.15. The number of halogens is 2. The first-order valence-corrected chi connectivity index (χ1v) is 13.1. The number of piperazine rings is 1. The number of hydrogen-bond acceptors (Lipinski definition) is 1. The van der Waals surface area contributed by atoms with Gasteiger partial charge < -0.3 is 34.8 Å². The van der Waals surface area contributed by atoms with Crippen molar-refractivity contribution in [2.24, 2.45) is 0 Å². The Labute approximate surface area is 214 Å². The third kappa shape index (κ3) is 10.5. The second kappa shape index (κ2) is 17.6. The van der Waals surface area contributed by atoms with Gasteiger partial charge in [-0.2, -0.15) is 0 Å². The van der Waals surface area contributed by atoms with E-state index in [1.165, 1.54) is 80.7 Å². The molecule has 3 N–H and O–H groups in total. The average Bonchev–Trinajstić information content (AvgIpc) is 2.80. The van der Waals surface area contributed by atoms with Crippen molar-refractivity contribution in [3.05, 3.63) is 42.5 Å². The Balaban J connectivity index is 0.00000272. The lowest BCUT2D eigenvalue weighted by atomic mass is 10.0. The lowest BCUT2D eigenvalue weighted by Crippen LogP contribution is -3.26. The highest BCUT2D eigenvalue weighted by Crippen LogP contribution is 2.19. The van der Waals surface area contributed by atoms with Crippen molar-refractivity contribution in [3.63, 3.8) is 0 Å². The molecule has 0 amide bonds. The number of benzene rings is 2. The number of aliphatic hydroxyl groups is 1. The van der Waals surface area contributed by atoms with E-state index < -0.39 is 0 Å². The van der Waals surface area contributed by atoms with E-state index in [9.17, 15) is 5.11 Å². The van der Waals surface area contributed by atoms with Crippen molar-refractivity contribution in [2.45, 2.75) is 83.7 Å². The Bertz CT molecular complexity index is 744. The molecule has 3 rings (SSSR count). The number of nitrogens with one attached hydrogen (secondary N) is 2. The van der Waals surface area contributed by atoms with E-state index in [0.717, 1.165) is 39.1 Å². The van der Waals surface area contributed by atoms with Gasteiger partial charge in [0.15, 0.2) is 0 Å². The molecule has 33 heavy (non-hydrogen) atoms. The standard InChI is InChI=1S/C28H44N2O.2ClH/c1-2-3-4-5-6-7-8-9-10-11-17-26(31)24-29-20-22-30(23-21-29)28-19-14-16-25-15-12-13-18-27(25)28;;/h12-16,18-19,26,31H,2-11,17,20-24H2,1H3;2*1H. The number of aliphatic hydroxyl groups excluding tert-OH is 1. The Morgan fingerprint density at radius 3 is 1.97 bits per heavy atom. The van der Waals surface area contributed by atoms with E-state index in [-0.39, 0.29) is 30.9 Å². The number of quaternary nitrogens is 2. The molecule has 1 aliphatic heterocycles. The summed E-state index contributed by atoms with van der Waals surface area (Å²) in [6.45, 7) is 7.85. The van der Waals surface area contributed by atoms with Crippen molar-refractivity contribution in [3.8, 4) is 0 Å². The van der Waals surface area contributed by atoms with Gasteiger partial charge >= 0.3 is 0 Å². The average molecular weight is 498 g/mol. The van der Waals surface area contributed by atoms with Gasteiger partial charge in [0, 0.05) is 5.39 Å². The van der Waals surface area contributed by atoms with Crippen LogP contribution in [0.15, 0.2) is 42.5 Å². The summed E-state index contributed by atoms with van der Waals surface area (Å²) in [6, 6.07) is 15.4. The van der Waals surface area contributed by atoms with Crippen LogP contribution in [0.2, 0.25) is 0 Å². The molecule has 0 spiro atoms. The molecule has 188 valence electrons. The summed E-state index contributed by atoms with van der Waals surface area (Å²) in [6.07, 6.45) is 14.5. The minimum Gasteiger partial charge on any atom is -1.00 e. The summed E-state index contributed by atoms with van der Waals surface area (Å²) >= 11 is 0. The minimum absolute atomic E-state index is 0. The fraction of sp³-hybridized carbons (Fsp3) is 0.643. The van der Waals surface area contributed by atoms with Crippen molar-refractivity contribution in [1.82, 2.24) is 0 Å². The van der Waals surface area contributed by atoms with Crippen LogP contribution in [-0.4, -0.2) is 43.9 Å². The summed E-state index contributed by atoms with van der Waals surface area (Å²) < 4.78 is 0. The Kier molecular flexibility index (Phi) is 16.1. The topological polar surface area (TPSA) is 29.1 Å². The first-order valence-electron chi connectivity index (χ1n) is 13.1. The first-order chi connectivity index (χ1) is 15.3. The summed E-state index contributed by atoms with van der Waals surface area (Å²) in [4.78, 5) is 3.19. The molecule has 1 fully saturated rings. The molecule has 1 saturated heterocycles. The third-order valence-electron chi connectivity index (χ3n) is 7.15. The summed E-state index contributed by atoms with van der Waals surface area (Å²) in [5.74, 6) is 0. The van der Waals surface area contributed by atoms with Crippen molar-refractivity contribution >= 4 is 16.5 Å². The predicted octanol–water partition coefficient (Wildman–Crippen LogP) is -2.07. The minimum atomic E-state index is -0.122. The fourth-order valence-electron chi connectivity index (χ4n) is 5.22. The number of rotatable bonds is 14. The molecule has 0 bridgehead atoms. The van der Waals surface area contributed by atoms with Gasteiger partial charge in [-0.15, -0.1) is 0 Å². The highest BCUT2D eigenvalue weighted by molar-refractivity contribution is 5.90. The van der Waals surface area contributed by atoms with E-state index in [1.807, 2.05) is 0 Å². The fourth-order valence-corrected chi connectivity index (χ4v) is 5.22. The summed E-state index contributed by atoms with van der Waals surface area (Å²) in [5, 5.41) is 13.3. The quantitative estimate of drug-likeness (QED) is 0.258. The molecule has 1 heterocycles. The Morgan fingerprint density at radius 1 is 0.727 bits per heavy atom. The zero-order chi connectivity index (χ0) is 21.7. The van der Waals surface area contributed by atoms with Crippen LogP contribution in [0.4, 0.5) is 5.69 Å². The maximum atomic E-state index is 10.5. The summed E-state index contributed by atoms with van der Waals surface area (Å²) in [7, 11) is 0. The predicted molar refractivity (Wildman–Crippen MR) is 132 cm³/mol. The van der Waals surface area contributed by atoms with Gasteiger partial charge in [-0.25, -0.2) is 0 Å². The molecule has 2 aromatic carbocycles. The van der Waals surface area contributed by atoms with Gasteiger partial charge in [0.1, 0.15) is 44.5 Å². The van der Waals surface area contributed by atoms with Crippen molar-refractivity contribution in [2.75, 3.05) is 32.7 Å². The van der Waals surface area contributed by atoms with Gasteiger partial charge in [-0.05, 0) is 23.9 Å². The van der Waals surface area contributed by atoms with Crippen LogP contribution in [0.5, 0.6) is 0 Å². The van der Waals surface area contributed by atoms with Crippen LogP contribution >= 0.6 is 0 Å². The maximum absolute atomic E-state index is 10.5. The number of hydrogen-bond donors (Lipinski definition) is 3. The molecule has 1 unspecified atom stereocenters. The summed E-state index contributed by atoms with van der Waals surface area (Å²) in [5.41, 5.74) is 1.45. The molecule has 0 aliphatic carbocycles. The van der Waals surface area contributed by atoms with Gasteiger partial charge in [-0.3, -0.25) is 4.90 Å². The van der Waals surface area contributed by atoms with E-state index in [1.54, 1.807) is 9.80 Å². The van der Waals surface area contributed by atoms with Crippen molar-refractivity contribution in [1.29, 1.82) is 0 Å². The molecular formula is C28H46Cl2N2O. The molecule has 0 aromatic heterocycles. The zero-order valence-electron chi connectivity index (χ0n) is 20.6. The maximum Gasteiger partial charge on any atom is 0.139 e. The van der Waals surface area contributed by atoms with Gasteiger partial charge in [0.25, 0.3) is 0 Å². The number of unbranched alkanes of at least 4 members (excludes halogenated alkanes) is 9. The van der Waals surface area contributed by atoms with Crippen LogP contribution in [0, 0.1) is 0 Å². The molecule has 2 aromatic rings. The molecular weight excluding hydrogens is 451 g/mol. The van der Waals surface area contributed by atoms with Crippen LogP contribution in [0.25, 0.3) is 10.8 Å². The van der Waals surface area contributed by atoms with Gasteiger partial charge in [-0.1, -0.05) is 101 Å². The molecule has 1 atom stereocenters. The zero-order valence-corrected chi connectivity index (χ0v) is 22.1. The van der Waals surface area contributed by atoms with E-state index in [0.29, 0.717) is 0 Å². The highest BCUT2D eigenvalue weighted by atomic mass is 35.5. The monoisotopic (exact) mass is 496 g/mol. The largest absolute Gasteiger partial charge is 1.00 e. The second-order valence-electron chi connectivity index (χ2n) is 9.71. The van der Waals surface area contributed by atoms with Crippen LogP contribution in [0.1, 0.15) is 77.6 Å². The molecule has 5 heteroatoms. The molecule has 0 saturated carbocycles. The molecule has 1 aliphatic rings. The SMILES string of the molecule is CCCCCCCCCCCCC(O)C[NH+]1CC[NH+](c2cccc3ccccc23)CC1.[Cl-].[Cl-]. The smallest absolute Gasteiger partial charge is 0.139 e. The Morgan fingerprint density at radius 2 is 1.30 bits per heavy atom. The second-order valence-corrected chi connectivity index (χ2v) is 9.71. The molecule has 3 nitrogen and oxygen atoms in total. The highest BCUT2D eigenvalue weighted by Gasteiger charge is 2.27. The molecule has 0 radical (unpaired) electrons. The van der Waals surface area contributed by atoms with Crippen LogP contribution in [0.3, 0.4) is 0 Å². The van der Waals surface area contributed by atoms with E-state index in [2.05, 4.69) is 49.4 Å². The lowest BCUT2D eigenvalue weighted by molar-refractivity contribution is -0.987.